The first-order chi connectivity index (χ1) is 13.5. The standard InChI is InChI=1S/C20H24N2O5S/c1-4-6-16-13(5-2)11-17(28-16)20(25)27-12-18(23)21-22-19(24)14-7-9-15(26-3)10-8-14/h7-11H,4-6,12H2,1-3H3,(H,21,23)(H,22,24). The fourth-order valence-electron chi connectivity index (χ4n) is 2.48. The number of hydrogen-bond acceptors (Lipinski definition) is 6. The van der Waals surface area contributed by atoms with Gasteiger partial charge >= 0.3 is 5.97 Å². The summed E-state index contributed by atoms with van der Waals surface area (Å²) >= 11 is 1.40. The van der Waals surface area contributed by atoms with E-state index in [-0.39, 0.29) is 0 Å². The van der Waals surface area contributed by atoms with E-state index in [1.54, 1.807) is 24.3 Å². The van der Waals surface area contributed by atoms with Crippen molar-refractivity contribution in [2.24, 2.45) is 0 Å². The van der Waals surface area contributed by atoms with Crippen LogP contribution in [0.5, 0.6) is 5.75 Å². The minimum atomic E-state index is -0.628. The lowest BCUT2D eigenvalue weighted by molar-refractivity contribution is -0.125. The molecular formula is C20H24N2O5S. The molecular weight excluding hydrogens is 380 g/mol. The Labute approximate surface area is 168 Å². The van der Waals surface area contributed by atoms with Crippen LogP contribution in [-0.4, -0.2) is 31.5 Å². The Hall–Kier alpha value is -2.87. The molecule has 0 unspecified atom stereocenters. The number of methoxy groups -OCH3 is 1. The highest BCUT2D eigenvalue weighted by Crippen LogP contribution is 2.25. The van der Waals surface area contributed by atoms with Crippen LogP contribution in [0.2, 0.25) is 0 Å². The van der Waals surface area contributed by atoms with Gasteiger partial charge in [0, 0.05) is 10.4 Å². The van der Waals surface area contributed by atoms with Crippen LogP contribution in [0.4, 0.5) is 0 Å². The minimum absolute atomic E-state index is 0.354. The molecule has 7 nitrogen and oxygen atoms in total. The van der Waals surface area contributed by atoms with Gasteiger partial charge in [0.25, 0.3) is 11.8 Å². The van der Waals surface area contributed by atoms with Gasteiger partial charge in [-0.05, 0) is 48.7 Å². The largest absolute Gasteiger partial charge is 0.497 e. The van der Waals surface area contributed by atoms with Gasteiger partial charge in [0.05, 0.1) is 7.11 Å². The molecule has 0 spiro atoms. The third kappa shape index (κ3) is 5.82. The third-order valence-corrected chi connectivity index (χ3v) is 5.17. The number of ether oxygens (including phenoxy) is 2. The van der Waals surface area contributed by atoms with Gasteiger partial charge in [-0.15, -0.1) is 11.3 Å². The van der Waals surface area contributed by atoms with Crippen LogP contribution in [0.25, 0.3) is 0 Å². The van der Waals surface area contributed by atoms with Crippen LogP contribution in [0.15, 0.2) is 30.3 Å². The van der Waals surface area contributed by atoms with E-state index >= 15 is 0 Å². The zero-order valence-electron chi connectivity index (χ0n) is 16.2. The summed E-state index contributed by atoms with van der Waals surface area (Å²) in [6.45, 7) is 3.64. The van der Waals surface area contributed by atoms with E-state index in [0.29, 0.717) is 16.2 Å². The number of thiophene rings is 1. The van der Waals surface area contributed by atoms with E-state index in [1.165, 1.54) is 23.3 Å². The van der Waals surface area contributed by atoms with Crippen LogP contribution in [-0.2, 0) is 22.4 Å². The predicted molar refractivity (Wildman–Crippen MR) is 107 cm³/mol. The maximum Gasteiger partial charge on any atom is 0.348 e. The minimum Gasteiger partial charge on any atom is -0.497 e. The van der Waals surface area contributed by atoms with Crippen molar-refractivity contribution in [2.75, 3.05) is 13.7 Å². The van der Waals surface area contributed by atoms with Crippen molar-refractivity contribution < 1.29 is 23.9 Å². The molecule has 0 fully saturated rings. The van der Waals surface area contributed by atoms with Crippen molar-refractivity contribution in [3.8, 4) is 5.75 Å². The summed E-state index contributed by atoms with van der Waals surface area (Å²) in [6.07, 6.45) is 2.76. The molecule has 1 aromatic carbocycles. The highest BCUT2D eigenvalue weighted by atomic mass is 32.1. The molecule has 2 amide bonds. The molecule has 2 rings (SSSR count). The van der Waals surface area contributed by atoms with Crippen LogP contribution in [0, 0.1) is 0 Å². The summed E-state index contributed by atoms with van der Waals surface area (Å²) in [7, 11) is 1.53. The molecule has 2 aromatic rings. The molecule has 1 heterocycles. The molecule has 0 saturated heterocycles. The zero-order chi connectivity index (χ0) is 20.5. The van der Waals surface area contributed by atoms with Crippen molar-refractivity contribution in [3.05, 3.63) is 51.2 Å². The lowest BCUT2D eigenvalue weighted by Gasteiger charge is -2.08. The smallest absolute Gasteiger partial charge is 0.348 e. The van der Waals surface area contributed by atoms with Crippen molar-refractivity contribution in [3.63, 3.8) is 0 Å². The normalized spacial score (nSPS) is 10.2. The second kappa shape index (κ2) is 10.5. The molecule has 0 aliphatic carbocycles. The molecule has 0 bridgehead atoms. The lowest BCUT2D eigenvalue weighted by Crippen LogP contribution is -2.43. The molecule has 1 aromatic heterocycles. The maximum atomic E-state index is 12.2. The van der Waals surface area contributed by atoms with Gasteiger partial charge in [0.1, 0.15) is 10.6 Å². The predicted octanol–water partition coefficient (Wildman–Crippen LogP) is 2.89. The first kappa shape index (κ1) is 21.4. The average Bonchev–Trinajstić information content (AvgIpc) is 3.13. The van der Waals surface area contributed by atoms with E-state index in [1.807, 2.05) is 13.0 Å². The SMILES string of the molecule is CCCc1sc(C(=O)OCC(=O)NNC(=O)c2ccc(OC)cc2)cc1CC. The Kier molecular flexibility index (Phi) is 8.01. The van der Waals surface area contributed by atoms with E-state index < -0.39 is 24.4 Å². The Morgan fingerprint density at radius 1 is 1.07 bits per heavy atom. The van der Waals surface area contributed by atoms with Crippen LogP contribution < -0.4 is 15.6 Å². The van der Waals surface area contributed by atoms with Gasteiger partial charge in [0.2, 0.25) is 0 Å². The molecule has 0 aliphatic rings. The Bertz CT molecular complexity index is 830. The Morgan fingerprint density at radius 2 is 1.79 bits per heavy atom. The van der Waals surface area contributed by atoms with Crippen molar-refractivity contribution >= 4 is 29.1 Å². The summed E-state index contributed by atoms with van der Waals surface area (Å²) in [5.41, 5.74) is 5.98. The van der Waals surface area contributed by atoms with Gasteiger partial charge in [-0.1, -0.05) is 20.3 Å². The summed E-state index contributed by atoms with van der Waals surface area (Å²) in [6, 6.07) is 8.22. The van der Waals surface area contributed by atoms with Gasteiger partial charge in [0.15, 0.2) is 6.61 Å². The average molecular weight is 404 g/mol. The molecule has 0 atom stereocenters. The number of esters is 1. The van der Waals surface area contributed by atoms with Crippen molar-refractivity contribution in [1.82, 2.24) is 10.9 Å². The van der Waals surface area contributed by atoms with Gasteiger partial charge in [-0.3, -0.25) is 20.4 Å². The van der Waals surface area contributed by atoms with Crippen molar-refractivity contribution in [2.45, 2.75) is 33.1 Å². The summed E-state index contributed by atoms with van der Waals surface area (Å²) in [4.78, 5) is 37.6. The molecule has 2 N–H and O–H groups in total. The number of aryl methyl sites for hydroxylation is 2. The second-order valence-electron chi connectivity index (χ2n) is 5.97. The van der Waals surface area contributed by atoms with Crippen LogP contribution in [0.1, 0.15) is 50.7 Å². The van der Waals surface area contributed by atoms with Gasteiger partial charge in [-0.25, -0.2) is 4.79 Å². The molecule has 0 aliphatic heterocycles. The van der Waals surface area contributed by atoms with E-state index in [4.69, 9.17) is 9.47 Å². The third-order valence-electron chi connectivity index (χ3n) is 3.96. The van der Waals surface area contributed by atoms with Gasteiger partial charge in [-0.2, -0.15) is 0 Å². The highest BCUT2D eigenvalue weighted by molar-refractivity contribution is 7.14. The number of nitrogens with one attached hydrogen (secondary N) is 2. The zero-order valence-corrected chi connectivity index (χ0v) is 17.0. The molecule has 8 heteroatoms. The van der Waals surface area contributed by atoms with Crippen LogP contribution in [0.3, 0.4) is 0 Å². The van der Waals surface area contributed by atoms with Gasteiger partial charge < -0.3 is 9.47 Å². The lowest BCUT2D eigenvalue weighted by atomic mass is 10.1. The quantitative estimate of drug-likeness (QED) is 0.521. The summed E-state index contributed by atoms with van der Waals surface area (Å²) < 4.78 is 10.1. The molecule has 0 radical (unpaired) electrons. The van der Waals surface area contributed by atoms with Crippen LogP contribution >= 0.6 is 11.3 Å². The summed E-state index contributed by atoms with van der Waals surface area (Å²) in [5.74, 6) is -1.04. The highest BCUT2D eigenvalue weighted by Gasteiger charge is 2.16. The first-order valence-corrected chi connectivity index (χ1v) is 9.82. The molecule has 0 saturated carbocycles. The summed E-state index contributed by atoms with van der Waals surface area (Å²) in [5, 5.41) is 0. The topological polar surface area (TPSA) is 93.7 Å². The number of carbonyl (C=O) groups excluding carboxylic acids is 3. The molecule has 28 heavy (non-hydrogen) atoms. The molecule has 150 valence electrons. The van der Waals surface area contributed by atoms with E-state index in [2.05, 4.69) is 17.8 Å². The first-order valence-electron chi connectivity index (χ1n) is 9.00. The van der Waals surface area contributed by atoms with Crippen molar-refractivity contribution in [1.29, 1.82) is 0 Å². The monoisotopic (exact) mass is 404 g/mol. The fraction of sp³-hybridized carbons (Fsp3) is 0.350. The number of amides is 2. The number of rotatable bonds is 8. The number of hydrazine groups is 1. The second-order valence-corrected chi connectivity index (χ2v) is 7.11. The van der Waals surface area contributed by atoms with E-state index in [0.717, 1.165) is 24.8 Å². The maximum absolute atomic E-state index is 12.2. The van der Waals surface area contributed by atoms with E-state index in [9.17, 15) is 14.4 Å². The number of hydrogen-bond donors (Lipinski definition) is 2. The number of carbonyl (C=O) groups is 3. The number of benzene rings is 1. The Morgan fingerprint density at radius 3 is 2.39 bits per heavy atom. The Balaban J connectivity index is 1.81. The fourth-order valence-corrected chi connectivity index (χ4v) is 3.73.